The highest BCUT2D eigenvalue weighted by atomic mass is 19.1. The first kappa shape index (κ1) is 21.6. The third-order valence-electron chi connectivity index (χ3n) is 6.21. The van der Waals surface area contributed by atoms with Gasteiger partial charge in [0.05, 0.1) is 7.11 Å². The van der Waals surface area contributed by atoms with E-state index < -0.39 is 0 Å². The Balaban J connectivity index is 1.33. The van der Waals surface area contributed by atoms with E-state index in [1.165, 1.54) is 6.07 Å². The molecular weight excluding hydrogens is 395 g/mol. The number of amides is 1. The van der Waals surface area contributed by atoms with Gasteiger partial charge in [0, 0.05) is 30.7 Å². The van der Waals surface area contributed by atoms with E-state index in [1.807, 2.05) is 12.1 Å². The van der Waals surface area contributed by atoms with Crippen LogP contribution in [-0.4, -0.2) is 49.2 Å². The maximum absolute atomic E-state index is 14.0. The maximum atomic E-state index is 14.0. The quantitative estimate of drug-likeness (QED) is 0.687. The molecule has 6 heteroatoms. The summed E-state index contributed by atoms with van der Waals surface area (Å²) in [5.74, 6) is 1.05. The predicted octanol–water partition coefficient (Wildman–Crippen LogP) is 4.20. The molecule has 2 fully saturated rings. The standard InChI is InChI=1S/C25H31FN2O3/c1-17(15-18-5-3-4-6-22(18)26)28-13-11-21(12-14-28)31-24-16-19(7-10-23(24)30-2)25(29)27-20-8-9-20/h3-7,10,16-17,20-21H,8-9,11-15H2,1-2H3,(H,27,29)/t17-/m1/s1. The fourth-order valence-corrected chi connectivity index (χ4v) is 4.13. The molecule has 1 amide bonds. The van der Waals surface area contributed by atoms with Crippen LogP contribution >= 0.6 is 0 Å². The molecule has 31 heavy (non-hydrogen) atoms. The smallest absolute Gasteiger partial charge is 0.251 e. The van der Waals surface area contributed by atoms with Gasteiger partial charge in [0.25, 0.3) is 5.91 Å². The van der Waals surface area contributed by atoms with E-state index in [0.717, 1.165) is 44.3 Å². The largest absolute Gasteiger partial charge is 0.493 e. The molecule has 1 aliphatic carbocycles. The van der Waals surface area contributed by atoms with Crippen molar-refractivity contribution in [3.05, 3.63) is 59.4 Å². The van der Waals surface area contributed by atoms with Gasteiger partial charge in [-0.3, -0.25) is 4.79 Å². The molecular formula is C25H31FN2O3. The molecule has 2 aromatic carbocycles. The maximum Gasteiger partial charge on any atom is 0.251 e. The molecule has 4 rings (SSSR count). The molecule has 0 radical (unpaired) electrons. The summed E-state index contributed by atoms with van der Waals surface area (Å²) in [5, 5.41) is 3.01. The van der Waals surface area contributed by atoms with Gasteiger partial charge in [-0.1, -0.05) is 18.2 Å². The molecule has 1 aliphatic heterocycles. The lowest BCUT2D eigenvalue weighted by Gasteiger charge is -2.36. The number of hydrogen-bond acceptors (Lipinski definition) is 4. The van der Waals surface area contributed by atoms with Crippen LogP contribution in [0.15, 0.2) is 42.5 Å². The first-order chi connectivity index (χ1) is 15.0. The summed E-state index contributed by atoms with van der Waals surface area (Å²) < 4.78 is 25.7. The zero-order chi connectivity index (χ0) is 21.8. The van der Waals surface area contributed by atoms with Crippen LogP contribution in [0.1, 0.15) is 48.5 Å². The molecule has 166 valence electrons. The summed E-state index contributed by atoms with van der Waals surface area (Å²) >= 11 is 0. The van der Waals surface area contributed by atoms with E-state index >= 15 is 0 Å². The van der Waals surface area contributed by atoms with Gasteiger partial charge in [-0.2, -0.15) is 0 Å². The van der Waals surface area contributed by atoms with Gasteiger partial charge in [0.2, 0.25) is 0 Å². The van der Waals surface area contributed by atoms with Crippen molar-refractivity contribution in [2.24, 2.45) is 0 Å². The molecule has 1 heterocycles. The Kier molecular flexibility index (Phi) is 6.76. The molecule has 2 aromatic rings. The van der Waals surface area contributed by atoms with Gasteiger partial charge in [0.1, 0.15) is 11.9 Å². The van der Waals surface area contributed by atoms with E-state index in [-0.39, 0.29) is 23.9 Å². The normalized spacial score (nSPS) is 18.4. The summed E-state index contributed by atoms with van der Waals surface area (Å²) in [6.07, 6.45) is 4.63. The molecule has 2 aliphatic rings. The molecule has 5 nitrogen and oxygen atoms in total. The van der Waals surface area contributed by atoms with E-state index in [1.54, 1.807) is 31.4 Å². The summed E-state index contributed by atoms with van der Waals surface area (Å²) in [6.45, 7) is 3.94. The van der Waals surface area contributed by atoms with Crippen LogP contribution in [0.5, 0.6) is 11.5 Å². The number of halogens is 1. The van der Waals surface area contributed by atoms with Crippen LogP contribution in [0.25, 0.3) is 0 Å². The second kappa shape index (κ2) is 9.69. The highest BCUT2D eigenvalue weighted by molar-refractivity contribution is 5.95. The van der Waals surface area contributed by atoms with Crippen molar-refractivity contribution in [2.75, 3.05) is 20.2 Å². The highest BCUT2D eigenvalue weighted by Crippen LogP contribution is 2.31. The number of nitrogens with zero attached hydrogens (tertiary/aromatic N) is 1. The van der Waals surface area contributed by atoms with Gasteiger partial charge in [0.15, 0.2) is 11.5 Å². The fourth-order valence-electron chi connectivity index (χ4n) is 4.13. The number of benzene rings is 2. The van der Waals surface area contributed by atoms with Crippen LogP contribution in [0, 0.1) is 5.82 Å². The van der Waals surface area contributed by atoms with Crippen molar-refractivity contribution in [1.29, 1.82) is 0 Å². The van der Waals surface area contributed by atoms with Crippen LogP contribution in [0.2, 0.25) is 0 Å². The lowest BCUT2D eigenvalue weighted by Crippen LogP contribution is -2.43. The number of rotatable bonds is 8. The van der Waals surface area contributed by atoms with Crippen LogP contribution in [0.3, 0.4) is 0 Å². The number of piperidine rings is 1. The Labute approximate surface area is 183 Å². The van der Waals surface area contributed by atoms with Gasteiger partial charge in [-0.05, 0) is 68.9 Å². The van der Waals surface area contributed by atoms with Crippen molar-refractivity contribution in [3.63, 3.8) is 0 Å². The van der Waals surface area contributed by atoms with E-state index in [2.05, 4.69) is 17.1 Å². The Hall–Kier alpha value is -2.60. The second-order valence-corrected chi connectivity index (χ2v) is 8.61. The summed E-state index contributed by atoms with van der Waals surface area (Å²) in [7, 11) is 1.61. The van der Waals surface area contributed by atoms with Crippen LogP contribution in [0.4, 0.5) is 4.39 Å². The SMILES string of the molecule is COc1ccc(C(=O)NC2CC2)cc1OC1CCN([C@H](C)Cc2ccccc2F)CC1. The van der Waals surface area contributed by atoms with Gasteiger partial charge in [-0.25, -0.2) is 4.39 Å². The van der Waals surface area contributed by atoms with E-state index in [4.69, 9.17) is 9.47 Å². The number of ether oxygens (including phenoxy) is 2. The topological polar surface area (TPSA) is 50.8 Å². The van der Waals surface area contributed by atoms with Crippen molar-refractivity contribution in [3.8, 4) is 11.5 Å². The average molecular weight is 427 g/mol. The number of methoxy groups -OCH3 is 1. The molecule has 1 saturated heterocycles. The minimum absolute atomic E-state index is 0.0626. The monoisotopic (exact) mass is 426 g/mol. The summed E-state index contributed by atoms with van der Waals surface area (Å²) in [5.41, 5.74) is 1.36. The van der Waals surface area contributed by atoms with Gasteiger partial charge >= 0.3 is 0 Å². The Morgan fingerprint density at radius 2 is 1.87 bits per heavy atom. The zero-order valence-corrected chi connectivity index (χ0v) is 18.3. The molecule has 1 atom stereocenters. The number of hydrogen-bond donors (Lipinski definition) is 1. The molecule has 0 unspecified atom stereocenters. The lowest BCUT2D eigenvalue weighted by atomic mass is 10.0. The first-order valence-corrected chi connectivity index (χ1v) is 11.2. The third kappa shape index (κ3) is 5.56. The molecule has 0 bridgehead atoms. The summed E-state index contributed by atoms with van der Waals surface area (Å²) in [6, 6.07) is 12.9. The van der Waals surface area contributed by atoms with Crippen LogP contribution < -0.4 is 14.8 Å². The average Bonchev–Trinajstić information content (AvgIpc) is 3.60. The van der Waals surface area contributed by atoms with Crippen molar-refractivity contribution >= 4 is 5.91 Å². The molecule has 0 aromatic heterocycles. The van der Waals surface area contributed by atoms with Crippen molar-refractivity contribution in [1.82, 2.24) is 10.2 Å². The van der Waals surface area contributed by atoms with Crippen molar-refractivity contribution < 1.29 is 18.7 Å². The van der Waals surface area contributed by atoms with Crippen molar-refractivity contribution in [2.45, 2.75) is 57.2 Å². The third-order valence-corrected chi connectivity index (χ3v) is 6.21. The Morgan fingerprint density at radius 3 is 2.55 bits per heavy atom. The number of nitrogens with one attached hydrogen (secondary N) is 1. The lowest BCUT2D eigenvalue weighted by molar-refractivity contribution is 0.0775. The highest BCUT2D eigenvalue weighted by Gasteiger charge is 2.27. The Bertz CT molecular complexity index is 907. The predicted molar refractivity (Wildman–Crippen MR) is 118 cm³/mol. The van der Waals surface area contributed by atoms with Crippen LogP contribution in [-0.2, 0) is 6.42 Å². The summed E-state index contributed by atoms with van der Waals surface area (Å²) in [4.78, 5) is 14.8. The van der Waals surface area contributed by atoms with Gasteiger partial charge < -0.3 is 19.7 Å². The fraction of sp³-hybridized carbons (Fsp3) is 0.480. The molecule has 1 saturated carbocycles. The second-order valence-electron chi connectivity index (χ2n) is 8.61. The number of carbonyl (C=O) groups excluding carboxylic acids is 1. The van der Waals surface area contributed by atoms with Gasteiger partial charge in [-0.15, -0.1) is 0 Å². The zero-order valence-electron chi connectivity index (χ0n) is 18.3. The number of likely N-dealkylation sites (tertiary alicyclic amines) is 1. The number of carbonyl (C=O) groups is 1. The van der Waals surface area contributed by atoms with E-state index in [0.29, 0.717) is 29.5 Å². The minimum atomic E-state index is -0.134. The first-order valence-electron chi connectivity index (χ1n) is 11.2. The minimum Gasteiger partial charge on any atom is -0.493 e. The molecule has 0 spiro atoms. The van der Waals surface area contributed by atoms with E-state index in [9.17, 15) is 9.18 Å². The Morgan fingerprint density at radius 1 is 1.13 bits per heavy atom. The molecule has 1 N–H and O–H groups in total.